The van der Waals surface area contributed by atoms with E-state index in [1.165, 1.54) is 6.07 Å². The van der Waals surface area contributed by atoms with E-state index in [-0.39, 0.29) is 11.2 Å². The lowest BCUT2D eigenvalue weighted by Crippen LogP contribution is -2.25. The summed E-state index contributed by atoms with van der Waals surface area (Å²) < 4.78 is 13.1. The van der Waals surface area contributed by atoms with Crippen molar-refractivity contribution in [3.05, 3.63) is 29.6 Å². The number of halogens is 1. The lowest BCUT2D eigenvalue weighted by Gasteiger charge is -2.22. The van der Waals surface area contributed by atoms with Crippen molar-refractivity contribution in [3.8, 4) is 6.07 Å². The molecule has 2 rings (SSSR count). The molecule has 0 aliphatic heterocycles. The molecule has 1 aromatic rings. The Kier molecular flexibility index (Phi) is 2.59. The summed E-state index contributed by atoms with van der Waals surface area (Å²) in [7, 11) is 1.95. The zero-order chi connectivity index (χ0) is 11.8. The van der Waals surface area contributed by atoms with Gasteiger partial charge in [0.15, 0.2) is 0 Å². The number of rotatable bonds is 3. The van der Waals surface area contributed by atoms with Crippen molar-refractivity contribution < 1.29 is 4.39 Å². The number of hydrogen-bond acceptors (Lipinski definition) is 2. The zero-order valence-corrected chi connectivity index (χ0v) is 9.63. The van der Waals surface area contributed by atoms with E-state index < -0.39 is 0 Å². The van der Waals surface area contributed by atoms with E-state index in [1.54, 1.807) is 13.0 Å². The molecule has 3 heteroatoms. The van der Waals surface area contributed by atoms with E-state index in [2.05, 4.69) is 6.07 Å². The largest absolute Gasteiger partial charge is 0.373 e. The molecular formula is C13H15FN2. The molecule has 84 valence electrons. The van der Waals surface area contributed by atoms with E-state index in [0.717, 1.165) is 25.1 Å². The van der Waals surface area contributed by atoms with Gasteiger partial charge in [0.2, 0.25) is 0 Å². The molecular weight excluding hydrogens is 203 g/mol. The number of hydrogen-bond donors (Lipinski definition) is 0. The van der Waals surface area contributed by atoms with Gasteiger partial charge in [0, 0.05) is 19.3 Å². The quantitative estimate of drug-likeness (QED) is 0.780. The number of nitrogens with zero attached hydrogens (tertiary/aromatic N) is 2. The number of aryl methyl sites for hydroxylation is 1. The summed E-state index contributed by atoms with van der Waals surface area (Å²) in [5.74, 6) is -0.182. The highest BCUT2D eigenvalue weighted by atomic mass is 19.1. The van der Waals surface area contributed by atoms with E-state index in [0.29, 0.717) is 5.56 Å². The standard InChI is InChI=1S/C13H15FN2/c1-10-7-11(3-4-12(10)14)16(2)9-13(8-15)5-6-13/h3-4,7H,5-6,9H2,1-2H3. The highest BCUT2D eigenvalue weighted by molar-refractivity contribution is 5.49. The molecule has 2 nitrogen and oxygen atoms in total. The fourth-order valence-corrected chi connectivity index (χ4v) is 1.87. The first-order valence-corrected chi connectivity index (χ1v) is 5.45. The molecule has 0 aromatic heterocycles. The van der Waals surface area contributed by atoms with Gasteiger partial charge in [-0.05, 0) is 43.5 Å². The smallest absolute Gasteiger partial charge is 0.126 e. The second kappa shape index (κ2) is 3.79. The first-order valence-electron chi connectivity index (χ1n) is 5.45. The molecule has 1 fully saturated rings. The van der Waals surface area contributed by atoms with Gasteiger partial charge in [-0.3, -0.25) is 0 Å². The first kappa shape index (κ1) is 10.9. The van der Waals surface area contributed by atoms with Gasteiger partial charge in [-0.1, -0.05) is 0 Å². The normalized spacial score (nSPS) is 16.6. The number of benzene rings is 1. The molecule has 0 N–H and O–H groups in total. The van der Waals surface area contributed by atoms with Gasteiger partial charge in [-0.15, -0.1) is 0 Å². The van der Waals surface area contributed by atoms with Gasteiger partial charge in [-0.25, -0.2) is 4.39 Å². The molecule has 0 atom stereocenters. The van der Waals surface area contributed by atoms with Crippen molar-refractivity contribution in [3.63, 3.8) is 0 Å². The van der Waals surface area contributed by atoms with Crippen molar-refractivity contribution >= 4 is 5.69 Å². The van der Waals surface area contributed by atoms with Gasteiger partial charge < -0.3 is 4.90 Å². The molecule has 1 aromatic carbocycles. The Bertz CT molecular complexity index is 444. The van der Waals surface area contributed by atoms with Crippen LogP contribution in [-0.4, -0.2) is 13.6 Å². The summed E-state index contributed by atoms with van der Waals surface area (Å²) in [6, 6.07) is 7.42. The highest BCUT2D eigenvalue weighted by Crippen LogP contribution is 2.45. The Morgan fingerprint density at radius 2 is 2.19 bits per heavy atom. The van der Waals surface area contributed by atoms with Gasteiger partial charge in [-0.2, -0.15) is 5.26 Å². The van der Waals surface area contributed by atoms with Crippen LogP contribution < -0.4 is 4.90 Å². The number of nitriles is 1. The first-order chi connectivity index (χ1) is 7.56. The van der Waals surface area contributed by atoms with E-state index in [9.17, 15) is 4.39 Å². The highest BCUT2D eigenvalue weighted by Gasteiger charge is 2.44. The van der Waals surface area contributed by atoms with Crippen LogP contribution in [0.15, 0.2) is 18.2 Å². The molecule has 16 heavy (non-hydrogen) atoms. The van der Waals surface area contributed by atoms with Gasteiger partial charge in [0.25, 0.3) is 0 Å². The van der Waals surface area contributed by atoms with E-state index in [1.807, 2.05) is 18.0 Å². The average molecular weight is 218 g/mol. The third-order valence-corrected chi connectivity index (χ3v) is 3.21. The summed E-state index contributed by atoms with van der Waals surface area (Å²) in [5, 5.41) is 9.01. The molecule has 0 amide bonds. The molecule has 0 bridgehead atoms. The van der Waals surface area contributed by atoms with Gasteiger partial charge in [0.1, 0.15) is 5.82 Å². The maximum atomic E-state index is 13.1. The SMILES string of the molecule is Cc1cc(N(C)CC2(C#N)CC2)ccc1F. The summed E-state index contributed by atoms with van der Waals surface area (Å²) in [5.41, 5.74) is 1.46. The topological polar surface area (TPSA) is 27.0 Å². The van der Waals surface area contributed by atoms with Crippen LogP contribution in [0, 0.1) is 29.5 Å². The molecule has 1 aliphatic rings. The molecule has 0 radical (unpaired) electrons. The molecule has 0 spiro atoms. The molecule has 0 heterocycles. The minimum Gasteiger partial charge on any atom is -0.373 e. The average Bonchev–Trinajstić information content (AvgIpc) is 3.02. The van der Waals surface area contributed by atoms with Gasteiger partial charge in [0.05, 0.1) is 11.5 Å². The van der Waals surface area contributed by atoms with Crippen LogP contribution in [0.1, 0.15) is 18.4 Å². The molecule has 0 saturated heterocycles. The Morgan fingerprint density at radius 1 is 1.50 bits per heavy atom. The monoisotopic (exact) mass is 218 g/mol. The Balaban J connectivity index is 2.12. The molecule has 0 unspecified atom stereocenters. The molecule has 1 saturated carbocycles. The van der Waals surface area contributed by atoms with Crippen molar-refractivity contribution in [2.45, 2.75) is 19.8 Å². The third kappa shape index (κ3) is 2.01. The Labute approximate surface area is 95.3 Å². The van der Waals surface area contributed by atoms with Crippen LogP contribution in [0.2, 0.25) is 0 Å². The van der Waals surface area contributed by atoms with Crippen LogP contribution in [0.4, 0.5) is 10.1 Å². The van der Waals surface area contributed by atoms with Crippen LogP contribution in [0.25, 0.3) is 0 Å². The van der Waals surface area contributed by atoms with E-state index >= 15 is 0 Å². The maximum Gasteiger partial charge on any atom is 0.126 e. The summed E-state index contributed by atoms with van der Waals surface area (Å²) in [6.07, 6.45) is 1.96. The lowest BCUT2D eigenvalue weighted by atomic mass is 10.1. The minimum absolute atomic E-state index is 0.156. The van der Waals surface area contributed by atoms with Crippen LogP contribution in [-0.2, 0) is 0 Å². The third-order valence-electron chi connectivity index (χ3n) is 3.21. The summed E-state index contributed by atoms with van der Waals surface area (Å²) in [4.78, 5) is 2.03. The zero-order valence-electron chi connectivity index (χ0n) is 9.63. The van der Waals surface area contributed by atoms with Crippen molar-refractivity contribution in [2.24, 2.45) is 5.41 Å². The van der Waals surface area contributed by atoms with Crippen LogP contribution >= 0.6 is 0 Å². The fraction of sp³-hybridized carbons (Fsp3) is 0.462. The fourth-order valence-electron chi connectivity index (χ4n) is 1.87. The van der Waals surface area contributed by atoms with Crippen molar-refractivity contribution in [1.82, 2.24) is 0 Å². The second-order valence-electron chi connectivity index (χ2n) is 4.68. The predicted molar refractivity (Wildman–Crippen MR) is 61.7 cm³/mol. The second-order valence-corrected chi connectivity index (χ2v) is 4.68. The van der Waals surface area contributed by atoms with Crippen molar-refractivity contribution in [1.29, 1.82) is 5.26 Å². The number of anilines is 1. The summed E-state index contributed by atoms with van der Waals surface area (Å²) >= 11 is 0. The van der Waals surface area contributed by atoms with Gasteiger partial charge >= 0.3 is 0 Å². The maximum absolute atomic E-state index is 13.1. The Hall–Kier alpha value is -1.56. The minimum atomic E-state index is -0.182. The Morgan fingerprint density at radius 3 is 2.69 bits per heavy atom. The predicted octanol–water partition coefficient (Wildman–Crippen LogP) is 2.87. The van der Waals surface area contributed by atoms with Crippen LogP contribution in [0.3, 0.4) is 0 Å². The molecule has 1 aliphatic carbocycles. The van der Waals surface area contributed by atoms with E-state index in [4.69, 9.17) is 5.26 Å². The van der Waals surface area contributed by atoms with Crippen LogP contribution in [0.5, 0.6) is 0 Å². The lowest BCUT2D eigenvalue weighted by molar-refractivity contribution is 0.616. The summed E-state index contributed by atoms with van der Waals surface area (Å²) in [6.45, 7) is 2.48. The van der Waals surface area contributed by atoms with Crippen molar-refractivity contribution in [2.75, 3.05) is 18.5 Å².